The molecular formula is C17H18FNO3. The Morgan fingerprint density at radius 2 is 1.86 bits per heavy atom. The number of carbonyl (C=O) groups excluding carboxylic acids is 2. The van der Waals surface area contributed by atoms with E-state index in [1.54, 1.807) is 26.8 Å². The number of Topliss-reactive ketones (excluding diaryl/α,β-unsaturated/α-hetero) is 1. The number of rotatable bonds is 5. The van der Waals surface area contributed by atoms with Crippen LogP contribution < -0.4 is 5.32 Å². The second-order valence-corrected chi connectivity index (χ2v) is 5.34. The van der Waals surface area contributed by atoms with E-state index in [1.807, 2.05) is 0 Å². The number of furan rings is 1. The van der Waals surface area contributed by atoms with Gasteiger partial charge < -0.3 is 9.73 Å². The van der Waals surface area contributed by atoms with Crippen LogP contribution in [0, 0.1) is 19.7 Å². The fraction of sp³-hybridized carbons (Fsp3) is 0.294. The van der Waals surface area contributed by atoms with Crippen LogP contribution in [0.4, 0.5) is 4.39 Å². The number of ketones is 1. The Labute approximate surface area is 128 Å². The molecule has 1 aromatic heterocycles. The normalized spacial score (nSPS) is 12.0. The minimum Gasteiger partial charge on any atom is -0.466 e. The van der Waals surface area contributed by atoms with E-state index in [1.165, 1.54) is 24.3 Å². The van der Waals surface area contributed by atoms with E-state index in [2.05, 4.69) is 5.32 Å². The summed E-state index contributed by atoms with van der Waals surface area (Å²) >= 11 is 0. The molecule has 1 N–H and O–H groups in total. The summed E-state index contributed by atoms with van der Waals surface area (Å²) in [5.74, 6) is 0.412. The van der Waals surface area contributed by atoms with Crippen molar-refractivity contribution in [2.45, 2.75) is 33.2 Å². The maximum absolute atomic E-state index is 12.8. The first kappa shape index (κ1) is 15.9. The van der Waals surface area contributed by atoms with Gasteiger partial charge in [-0.25, -0.2) is 4.39 Å². The third-order valence-electron chi connectivity index (χ3n) is 3.32. The molecule has 5 heteroatoms. The van der Waals surface area contributed by atoms with Crippen molar-refractivity contribution >= 4 is 11.7 Å². The highest BCUT2D eigenvalue weighted by molar-refractivity contribution is 5.98. The van der Waals surface area contributed by atoms with Gasteiger partial charge in [-0.2, -0.15) is 0 Å². The standard InChI is InChI=1S/C17H18FNO3/c1-10(8-16(20)13-4-6-14(18)7-5-13)19-17(21)15-9-11(2)22-12(15)3/h4-7,9-10H,8H2,1-3H3,(H,19,21)/t10-/m0/s1. The average Bonchev–Trinajstić information content (AvgIpc) is 2.78. The van der Waals surface area contributed by atoms with Gasteiger partial charge in [-0.3, -0.25) is 9.59 Å². The van der Waals surface area contributed by atoms with Crippen molar-refractivity contribution in [2.24, 2.45) is 0 Å². The molecule has 1 heterocycles. The predicted molar refractivity (Wildman–Crippen MR) is 80.5 cm³/mol. The lowest BCUT2D eigenvalue weighted by molar-refractivity contribution is 0.0917. The number of benzene rings is 1. The van der Waals surface area contributed by atoms with Gasteiger partial charge in [0.15, 0.2) is 5.78 Å². The van der Waals surface area contributed by atoms with Gasteiger partial charge in [0, 0.05) is 18.0 Å². The smallest absolute Gasteiger partial charge is 0.255 e. The molecule has 0 radical (unpaired) electrons. The number of halogens is 1. The molecule has 0 aliphatic heterocycles. The van der Waals surface area contributed by atoms with Crippen LogP contribution in [0.2, 0.25) is 0 Å². The molecule has 0 aliphatic rings. The van der Waals surface area contributed by atoms with E-state index in [4.69, 9.17) is 4.42 Å². The van der Waals surface area contributed by atoms with Gasteiger partial charge in [-0.15, -0.1) is 0 Å². The third-order valence-corrected chi connectivity index (χ3v) is 3.32. The first-order chi connectivity index (χ1) is 10.4. The number of nitrogens with one attached hydrogen (secondary N) is 1. The molecule has 0 aliphatic carbocycles. The maximum Gasteiger partial charge on any atom is 0.255 e. The lowest BCUT2D eigenvalue weighted by Crippen LogP contribution is -2.34. The second kappa shape index (κ2) is 6.56. The molecule has 4 nitrogen and oxygen atoms in total. The Bertz CT molecular complexity index is 688. The van der Waals surface area contributed by atoms with Gasteiger partial charge >= 0.3 is 0 Å². The Morgan fingerprint density at radius 3 is 2.41 bits per heavy atom. The second-order valence-electron chi connectivity index (χ2n) is 5.34. The van der Waals surface area contributed by atoms with Gasteiger partial charge in [0.05, 0.1) is 5.56 Å². The highest BCUT2D eigenvalue weighted by Gasteiger charge is 2.18. The van der Waals surface area contributed by atoms with Gasteiger partial charge in [0.2, 0.25) is 0 Å². The molecule has 0 spiro atoms. The van der Waals surface area contributed by atoms with Crippen molar-refractivity contribution in [2.75, 3.05) is 0 Å². The van der Waals surface area contributed by atoms with Crippen LogP contribution in [-0.2, 0) is 0 Å². The molecule has 0 unspecified atom stereocenters. The largest absolute Gasteiger partial charge is 0.466 e. The molecular weight excluding hydrogens is 285 g/mol. The SMILES string of the molecule is Cc1cc(C(=O)N[C@@H](C)CC(=O)c2ccc(F)cc2)c(C)o1. The summed E-state index contributed by atoms with van der Waals surface area (Å²) in [5.41, 5.74) is 0.899. The highest BCUT2D eigenvalue weighted by Crippen LogP contribution is 2.14. The first-order valence-corrected chi connectivity index (χ1v) is 7.03. The Balaban J connectivity index is 1.96. The summed E-state index contributed by atoms with van der Waals surface area (Å²) in [6.45, 7) is 5.24. The zero-order chi connectivity index (χ0) is 16.3. The van der Waals surface area contributed by atoms with E-state index in [9.17, 15) is 14.0 Å². The zero-order valence-electron chi connectivity index (χ0n) is 12.8. The molecule has 116 valence electrons. The summed E-state index contributed by atoms with van der Waals surface area (Å²) in [5, 5.41) is 2.77. The quantitative estimate of drug-likeness (QED) is 0.861. The van der Waals surface area contributed by atoms with Gasteiger partial charge in [-0.1, -0.05) is 0 Å². The van der Waals surface area contributed by atoms with Crippen LogP contribution >= 0.6 is 0 Å². The van der Waals surface area contributed by atoms with E-state index >= 15 is 0 Å². The van der Waals surface area contributed by atoms with Crippen molar-refractivity contribution < 1.29 is 18.4 Å². The van der Waals surface area contributed by atoms with Crippen molar-refractivity contribution in [3.05, 3.63) is 58.8 Å². The summed E-state index contributed by atoms with van der Waals surface area (Å²) in [7, 11) is 0. The molecule has 2 rings (SSSR count). The number of aryl methyl sites for hydroxylation is 2. The van der Waals surface area contributed by atoms with Crippen LogP contribution in [-0.4, -0.2) is 17.7 Å². The summed E-state index contributed by atoms with van der Waals surface area (Å²) < 4.78 is 18.2. The number of carbonyl (C=O) groups is 2. The topological polar surface area (TPSA) is 59.3 Å². The summed E-state index contributed by atoms with van der Waals surface area (Å²) in [6, 6.07) is 6.70. The van der Waals surface area contributed by atoms with E-state index in [0.29, 0.717) is 22.6 Å². The molecule has 2 aromatic rings. The Kier molecular flexibility index (Phi) is 4.75. The van der Waals surface area contributed by atoms with Crippen LogP contribution in [0.25, 0.3) is 0 Å². The molecule has 0 bridgehead atoms. The number of hydrogen-bond donors (Lipinski definition) is 1. The minimum atomic E-state index is -0.385. The van der Waals surface area contributed by atoms with Gasteiger partial charge in [0.1, 0.15) is 17.3 Å². The molecule has 22 heavy (non-hydrogen) atoms. The van der Waals surface area contributed by atoms with Gasteiger partial charge in [0.25, 0.3) is 5.91 Å². The van der Waals surface area contributed by atoms with E-state index in [0.717, 1.165) is 0 Å². The average molecular weight is 303 g/mol. The number of amides is 1. The van der Waals surface area contributed by atoms with Gasteiger partial charge in [-0.05, 0) is 51.1 Å². The van der Waals surface area contributed by atoms with Crippen LogP contribution in [0.3, 0.4) is 0 Å². The lowest BCUT2D eigenvalue weighted by atomic mass is 10.0. The first-order valence-electron chi connectivity index (χ1n) is 7.03. The molecule has 1 amide bonds. The Hall–Kier alpha value is -2.43. The maximum atomic E-state index is 12.8. The molecule has 1 atom stereocenters. The van der Waals surface area contributed by atoms with E-state index < -0.39 is 0 Å². The molecule has 1 aromatic carbocycles. The van der Waals surface area contributed by atoms with Crippen molar-refractivity contribution in [1.29, 1.82) is 0 Å². The summed E-state index contributed by atoms with van der Waals surface area (Å²) in [4.78, 5) is 24.2. The molecule has 0 saturated carbocycles. The third kappa shape index (κ3) is 3.81. The van der Waals surface area contributed by atoms with Crippen LogP contribution in [0.1, 0.15) is 45.6 Å². The zero-order valence-corrected chi connectivity index (χ0v) is 12.8. The fourth-order valence-electron chi connectivity index (χ4n) is 2.24. The van der Waals surface area contributed by atoms with Crippen molar-refractivity contribution in [3.63, 3.8) is 0 Å². The number of hydrogen-bond acceptors (Lipinski definition) is 3. The summed E-state index contributed by atoms with van der Waals surface area (Å²) in [6.07, 6.45) is 0.146. The highest BCUT2D eigenvalue weighted by atomic mass is 19.1. The van der Waals surface area contributed by atoms with Crippen molar-refractivity contribution in [3.8, 4) is 0 Å². The minimum absolute atomic E-state index is 0.145. The van der Waals surface area contributed by atoms with Crippen molar-refractivity contribution in [1.82, 2.24) is 5.32 Å². The van der Waals surface area contributed by atoms with E-state index in [-0.39, 0.29) is 30.0 Å². The lowest BCUT2D eigenvalue weighted by Gasteiger charge is -2.13. The monoisotopic (exact) mass is 303 g/mol. The molecule has 0 saturated heterocycles. The fourth-order valence-corrected chi connectivity index (χ4v) is 2.24. The van der Waals surface area contributed by atoms with Crippen LogP contribution in [0.5, 0.6) is 0 Å². The molecule has 0 fully saturated rings. The van der Waals surface area contributed by atoms with Crippen LogP contribution in [0.15, 0.2) is 34.7 Å². The predicted octanol–water partition coefficient (Wildman–Crippen LogP) is 3.43. The Morgan fingerprint density at radius 1 is 1.23 bits per heavy atom.